The molecule has 0 bridgehead atoms. The third kappa shape index (κ3) is 6.13. The highest BCUT2D eigenvalue weighted by Crippen LogP contribution is 2.22. The van der Waals surface area contributed by atoms with Crippen molar-refractivity contribution in [3.8, 4) is 5.75 Å². The summed E-state index contributed by atoms with van der Waals surface area (Å²) < 4.78 is 32.3. The van der Waals surface area contributed by atoms with Crippen LogP contribution in [0.25, 0.3) is 0 Å². The van der Waals surface area contributed by atoms with Gasteiger partial charge in [-0.15, -0.1) is 0 Å². The smallest absolute Gasteiger partial charge is 0.240 e. The van der Waals surface area contributed by atoms with Crippen molar-refractivity contribution >= 4 is 32.3 Å². The lowest BCUT2D eigenvalue weighted by molar-refractivity contribution is 0.104. The molecule has 7 nitrogen and oxygen atoms in total. The van der Waals surface area contributed by atoms with Gasteiger partial charge in [0, 0.05) is 24.7 Å². The third-order valence-corrected chi connectivity index (χ3v) is 7.06. The van der Waals surface area contributed by atoms with Crippen LogP contribution in [-0.4, -0.2) is 39.4 Å². The number of aromatic nitrogens is 1. The number of hydrogen-bond donors (Lipinski definition) is 2. The summed E-state index contributed by atoms with van der Waals surface area (Å²) in [6, 6.07) is 13.8. The van der Waals surface area contributed by atoms with E-state index >= 15 is 0 Å². The van der Waals surface area contributed by atoms with E-state index < -0.39 is 10.0 Å². The molecule has 164 valence electrons. The summed E-state index contributed by atoms with van der Waals surface area (Å²) in [6.07, 6.45) is 3.00. The first-order chi connectivity index (χ1) is 14.9. The average Bonchev–Trinajstić information content (AvgIpc) is 3.25. The molecule has 0 amide bonds. The van der Waals surface area contributed by atoms with Crippen LogP contribution in [0.2, 0.25) is 0 Å². The van der Waals surface area contributed by atoms with E-state index in [9.17, 15) is 13.2 Å². The first kappa shape index (κ1) is 22.9. The van der Waals surface area contributed by atoms with Crippen molar-refractivity contribution in [2.75, 3.05) is 25.5 Å². The van der Waals surface area contributed by atoms with Crippen molar-refractivity contribution in [1.82, 2.24) is 9.71 Å². The Kier molecular flexibility index (Phi) is 7.78. The number of aryl methyl sites for hydroxylation is 1. The Labute approximate surface area is 186 Å². The number of unbranched alkanes of at least 4 members (excludes halogenated alkanes) is 1. The quantitative estimate of drug-likeness (QED) is 0.334. The predicted octanol–water partition coefficient (Wildman–Crippen LogP) is 3.86. The van der Waals surface area contributed by atoms with Gasteiger partial charge in [0.2, 0.25) is 15.8 Å². The summed E-state index contributed by atoms with van der Waals surface area (Å²) in [5.74, 6) is 0.464. The van der Waals surface area contributed by atoms with Crippen LogP contribution in [0.5, 0.6) is 5.75 Å². The fourth-order valence-corrected chi connectivity index (χ4v) is 4.83. The number of ether oxygens (including phenoxy) is 1. The normalized spacial score (nSPS) is 11.3. The predicted molar refractivity (Wildman–Crippen MR) is 123 cm³/mol. The monoisotopic (exact) mass is 459 g/mol. The van der Waals surface area contributed by atoms with Crippen LogP contribution in [-0.2, 0) is 10.0 Å². The van der Waals surface area contributed by atoms with Crippen LogP contribution in [0, 0.1) is 6.92 Å². The van der Waals surface area contributed by atoms with Crippen LogP contribution in [0.15, 0.2) is 59.6 Å². The molecular weight excluding hydrogens is 434 g/mol. The third-order valence-electron chi connectivity index (χ3n) is 4.64. The van der Waals surface area contributed by atoms with Gasteiger partial charge in [-0.2, -0.15) is 0 Å². The molecule has 0 atom stereocenters. The van der Waals surface area contributed by atoms with E-state index in [-0.39, 0.29) is 10.7 Å². The Bertz CT molecular complexity index is 1140. The van der Waals surface area contributed by atoms with E-state index in [1.165, 1.54) is 30.6 Å². The number of ketones is 1. The summed E-state index contributed by atoms with van der Waals surface area (Å²) in [5, 5.41) is 3.87. The van der Waals surface area contributed by atoms with E-state index in [0.29, 0.717) is 40.8 Å². The molecule has 0 radical (unpaired) electrons. The zero-order valence-corrected chi connectivity index (χ0v) is 19.1. The van der Waals surface area contributed by atoms with Crippen LogP contribution < -0.4 is 14.8 Å². The van der Waals surface area contributed by atoms with Crippen molar-refractivity contribution in [1.29, 1.82) is 0 Å². The van der Waals surface area contributed by atoms with Gasteiger partial charge in [-0.05, 0) is 37.5 Å². The minimum atomic E-state index is -3.57. The lowest BCUT2D eigenvalue weighted by Gasteiger charge is -2.08. The molecule has 3 aromatic rings. The number of carbonyl (C=O) groups is 1. The van der Waals surface area contributed by atoms with Crippen LogP contribution >= 0.6 is 11.3 Å². The standard InChI is InChI=1S/C22H25N3O4S2/c1-16-8-3-4-11-19(16)21(26)20-15-24-22(30-20)23-12-5-6-13-25-31(27,28)18-10-7-9-17(14-18)29-2/h3-4,7-11,14-15,25H,5-6,12-13H2,1-2H3,(H,23,24). The van der Waals surface area contributed by atoms with Crippen molar-refractivity contribution in [3.63, 3.8) is 0 Å². The Morgan fingerprint density at radius 2 is 1.87 bits per heavy atom. The van der Waals surface area contributed by atoms with Gasteiger partial charge in [0.25, 0.3) is 0 Å². The van der Waals surface area contributed by atoms with Gasteiger partial charge in [-0.25, -0.2) is 18.1 Å². The number of sulfonamides is 1. The first-order valence-electron chi connectivity index (χ1n) is 9.84. The van der Waals surface area contributed by atoms with Gasteiger partial charge >= 0.3 is 0 Å². The van der Waals surface area contributed by atoms with Crippen molar-refractivity contribution in [3.05, 3.63) is 70.7 Å². The minimum Gasteiger partial charge on any atom is -0.497 e. The molecule has 0 aliphatic rings. The van der Waals surface area contributed by atoms with Gasteiger partial charge in [-0.3, -0.25) is 4.79 Å². The van der Waals surface area contributed by atoms with Crippen molar-refractivity contribution in [2.45, 2.75) is 24.7 Å². The summed E-state index contributed by atoms with van der Waals surface area (Å²) in [4.78, 5) is 17.7. The van der Waals surface area contributed by atoms with Gasteiger partial charge < -0.3 is 10.1 Å². The Balaban J connectivity index is 1.42. The molecule has 0 saturated heterocycles. The van der Waals surface area contributed by atoms with Gasteiger partial charge in [-0.1, -0.05) is 41.7 Å². The lowest BCUT2D eigenvalue weighted by atomic mass is 10.0. The first-order valence-corrected chi connectivity index (χ1v) is 12.1. The fraction of sp³-hybridized carbons (Fsp3) is 0.273. The van der Waals surface area contributed by atoms with E-state index in [2.05, 4.69) is 15.0 Å². The molecule has 2 aromatic carbocycles. The number of carbonyl (C=O) groups excluding carboxylic acids is 1. The molecule has 9 heteroatoms. The highest BCUT2D eigenvalue weighted by atomic mass is 32.2. The molecule has 0 aliphatic heterocycles. The average molecular weight is 460 g/mol. The lowest BCUT2D eigenvalue weighted by Crippen LogP contribution is -2.25. The largest absolute Gasteiger partial charge is 0.497 e. The van der Waals surface area contributed by atoms with Gasteiger partial charge in [0.1, 0.15) is 5.75 Å². The summed E-state index contributed by atoms with van der Waals surface area (Å²) in [5.41, 5.74) is 1.62. The molecule has 31 heavy (non-hydrogen) atoms. The zero-order valence-electron chi connectivity index (χ0n) is 17.4. The number of thiazole rings is 1. The molecule has 1 heterocycles. The minimum absolute atomic E-state index is 0.0319. The second-order valence-corrected chi connectivity index (χ2v) is 9.68. The summed E-state index contributed by atoms with van der Waals surface area (Å²) in [6.45, 7) is 2.87. The molecule has 0 fully saturated rings. The van der Waals surface area contributed by atoms with Crippen LogP contribution in [0.3, 0.4) is 0 Å². The highest BCUT2D eigenvalue weighted by molar-refractivity contribution is 7.89. The molecule has 0 saturated carbocycles. The molecule has 1 aromatic heterocycles. The molecule has 0 unspecified atom stereocenters. The molecule has 0 spiro atoms. The number of anilines is 1. The van der Waals surface area contributed by atoms with Crippen LogP contribution in [0.1, 0.15) is 33.6 Å². The molecule has 3 rings (SSSR count). The second kappa shape index (κ2) is 10.5. The van der Waals surface area contributed by atoms with Crippen molar-refractivity contribution < 1.29 is 17.9 Å². The fourth-order valence-electron chi connectivity index (χ4n) is 2.92. The topological polar surface area (TPSA) is 97.4 Å². The number of nitrogens with zero attached hydrogens (tertiary/aromatic N) is 1. The Hall–Kier alpha value is -2.75. The SMILES string of the molecule is COc1cccc(S(=O)(=O)NCCCCNc2ncc(C(=O)c3ccccc3C)s2)c1. The Morgan fingerprint density at radius 3 is 2.65 bits per heavy atom. The number of methoxy groups -OCH3 is 1. The van der Waals surface area contributed by atoms with E-state index in [1.54, 1.807) is 18.3 Å². The number of nitrogens with one attached hydrogen (secondary N) is 2. The number of hydrogen-bond acceptors (Lipinski definition) is 7. The molecular formula is C22H25N3O4S2. The summed E-state index contributed by atoms with van der Waals surface area (Å²) >= 11 is 1.32. The van der Waals surface area contributed by atoms with Gasteiger partial charge in [0.05, 0.1) is 23.1 Å². The molecule has 0 aliphatic carbocycles. The maximum absolute atomic E-state index is 12.6. The number of rotatable bonds is 11. The van der Waals surface area contributed by atoms with E-state index in [4.69, 9.17) is 4.74 Å². The second-order valence-electron chi connectivity index (χ2n) is 6.88. The molecule has 2 N–H and O–H groups in total. The number of benzene rings is 2. The van der Waals surface area contributed by atoms with Gasteiger partial charge in [0.15, 0.2) is 5.13 Å². The highest BCUT2D eigenvalue weighted by Gasteiger charge is 2.15. The maximum Gasteiger partial charge on any atom is 0.240 e. The van der Waals surface area contributed by atoms with Crippen molar-refractivity contribution in [2.24, 2.45) is 0 Å². The zero-order chi connectivity index (χ0) is 22.3. The summed E-state index contributed by atoms with van der Waals surface area (Å²) in [7, 11) is -2.07. The van der Waals surface area contributed by atoms with E-state index in [0.717, 1.165) is 12.0 Å². The van der Waals surface area contributed by atoms with Crippen LogP contribution in [0.4, 0.5) is 5.13 Å². The van der Waals surface area contributed by atoms with E-state index in [1.807, 2.05) is 31.2 Å². The maximum atomic E-state index is 12.6. The Morgan fingerprint density at radius 1 is 1.10 bits per heavy atom.